The van der Waals surface area contributed by atoms with Crippen LogP contribution in [0.3, 0.4) is 0 Å². The van der Waals surface area contributed by atoms with Crippen LogP contribution < -0.4 is 52.6 Å². The molecule has 7 aromatic carbocycles. The van der Waals surface area contributed by atoms with Gasteiger partial charge >= 0.3 is 11.9 Å². The molecule has 132 heavy (non-hydrogen) atoms. The first-order valence-electron chi connectivity index (χ1n) is 37.9. The van der Waals surface area contributed by atoms with Crippen molar-refractivity contribution in [3.63, 3.8) is 0 Å². The van der Waals surface area contributed by atoms with Crippen LogP contribution in [0.25, 0.3) is 67.0 Å². The first-order chi connectivity index (χ1) is 63.3. The molecule has 8 N–H and O–H groups in total. The highest BCUT2D eigenvalue weighted by molar-refractivity contribution is 6.05. The molecule has 0 fully saturated rings. The maximum absolute atomic E-state index is 14.9. The van der Waals surface area contributed by atoms with E-state index in [-0.39, 0.29) is 62.5 Å². The number of aryl methyl sites for hydroxylation is 3. The number of aromatic nitrogens is 16. The van der Waals surface area contributed by atoms with Crippen LogP contribution in [0.1, 0.15) is 41.4 Å². The molecule has 17 rings (SSSR count). The zero-order valence-corrected chi connectivity index (χ0v) is 67.9. The lowest BCUT2D eigenvalue weighted by atomic mass is 10.0. The number of carboxylic acid groups (broad SMARTS) is 2. The second-order valence-electron chi connectivity index (χ2n) is 27.5. The van der Waals surface area contributed by atoms with E-state index in [9.17, 15) is 82.3 Å². The topological polar surface area (TPSA) is 427 Å². The molecule has 0 saturated heterocycles. The Morgan fingerprint density at radius 3 is 1.08 bits per heavy atom. The second kappa shape index (κ2) is 40.7. The number of ether oxygens (including phenoxy) is 3. The number of halogens is 10. The molecular formula is C90H61F10N19O13. The summed E-state index contributed by atoms with van der Waals surface area (Å²) in [6.07, 6.45) is 25.6. The monoisotopic (exact) mass is 1810 g/mol. The van der Waals surface area contributed by atoms with Crippen molar-refractivity contribution in [2.75, 3.05) is 16.4 Å². The van der Waals surface area contributed by atoms with Crippen LogP contribution in [0.15, 0.2) is 289 Å². The number of hydrogen-bond acceptors (Lipinski definition) is 21. The number of benzene rings is 7. The van der Waals surface area contributed by atoms with Crippen LogP contribution in [0, 0.1) is 58.2 Å². The van der Waals surface area contributed by atoms with Crippen molar-refractivity contribution in [1.82, 2.24) is 78.3 Å². The lowest BCUT2D eigenvalue weighted by molar-refractivity contribution is 0.0684. The number of amides is 2. The lowest BCUT2D eigenvalue weighted by Gasteiger charge is -2.12. The predicted molar refractivity (Wildman–Crippen MR) is 455 cm³/mol. The summed E-state index contributed by atoms with van der Waals surface area (Å²) in [4.78, 5) is 125. The van der Waals surface area contributed by atoms with Gasteiger partial charge in [-0.05, 0) is 108 Å². The molecule has 0 radical (unpaired) electrons. The summed E-state index contributed by atoms with van der Waals surface area (Å²) in [6, 6.07) is 30.7. The summed E-state index contributed by atoms with van der Waals surface area (Å²) >= 11 is 0. The summed E-state index contributed by atoms with van der Waals surface area (Å²) in [6.45, 7) is 0. The van der Waals surface area contributed by atoms with E-state index in [4.69, 9.17) is 30.2 Å². The molecule has 0 unspecified atom stereocenters. The van der Waals surface area contributed by atoms with Crippen LogP contribution >= 0.6 is 0 Å². The third-order valence-electron chi connectivity index (χ3n) is 18.5. The molecule has 0 saturated carbocycles. The molecule has 664 valence electrons. The number of nitrogens with one attached hydrogen (secondary N) is 4. The van der Waals surface area contributed by atoms with Crippen molar-refractivity contribution in [3.05, 3.63) is 391 Å². The van der Waals surface area contributed by atoms with E-state index >= 15 is 0 Å². The fourth-order valence-corrected chi connectivity index (χ4v) is 12.1. The number of rotatable bonds is 19. The maximum Gasteiger partial charge on any atom is 0.341 e. The summed E-state index contributed by atoms with van der Waals surface area (Å²) in [5.41, 5.74) is 5.05. The zero-order chi connectivity index (χ0) is 94.1. The maximum atomic E-state index is 14.9. The van der Waals surface area contributed by atoms with Crippen molar-refractivity contribution in [3.8, 4) is 102 Å². The van der Waals surface area contributed by atoms with Gasteiger partial charge in [-0.15, -0.1) is 0 Å². The summed E-state index contributed by atoms with van der Waals surface area (Å²) in [7, 11) is 5.18. The predicted octanol–water partition coefficient (Wildman–Crippen LogP) is 15.3. The van der Waals surface area contributed by atoms with Gasteiger partial charge < -0.3 is 50.8 Å². The van der Waals surface area contributed by atoms with E-state index < -0.39 is 127 Å². The highest BCUT2D eigenvalue weighted by Crippen LogP contribution is 2.38. The number of aromatic amines is 2. The fraction of sp³-hybridized carbons (Fsp3) is 0.0333. The second-order valence-corrected chi connectivity index (χ2v) is 27.5. The Morgan fingerprint density at radius 2 is 0.705 bits per heavy atom. The van der Waals surface area contributed by atoms with Gasteiger partial charge in [-0.1, -0.05) is 24.3 Å². The molecule has 32 nitrogen and oxygen atoms in total. The number of hydrogen-bond donors (Lipinski definition) is 7. The van der Waals surface area contributed by atoms with E-state index in [2.05, 4.69) is 65.8 Å². The number of anilines is 3. The lowest BCUT2D eigenvalue weighted by Crippen LogP contribution is -2.28. The number of nitrogens with two attached hydrogens (primary N) is 1. The first kappa shape index (κ1) is 91.3. The molecule has 0 aliphatic rings. The number of nitrogen functional groups attached to an aromatic ring is 1. The summed E-state index contributed by atoms with van der Waals surface area (Å²) in [5, 5.41) is 34.2. The van der Waals surface area contributed by atoms with Gasteiger partial charge in [0.05, 0.1) is 52.3 Å². The Morgan fingerprint density at radius 1 is 0.371 bits per heavy atom. The van der Waals surface area contributed by atoms with Crippen molar-refractivity contribution in [2.45, 2.75) is 0 Å². The van der Waals surface area contributed by atoms with Crippen LogP contribution in [0.4, 0.5) is 61.0 Å². The third-order valence-corrected chi connectivity index (χ3v) is 18.5. The van der Waals surface area contributed by atoms with Gasteiger partial charge in [-0.2, -0.15) is 15.3 Å². The number of carbonyl (C=O) groups excluding carboxylic acids is 2. The molecule has 2 amide bonds. The van der Waals surface area contributed by atoms with Gasteiger partial charge in [-0.25, -0.2) is 83.4 Å². The molecule has 0 spiro atoms. The molecule has 42 heteroatoms. The van der Waals surface area contributed by atoms with Gasteiger partial charge in [0.25, 0.3) is 22.9 Å². The summed E-state index contributed by atoms with van der Waals surface area (Å²) < 4.78 is 162. The van der Waals surface area contributed by atoms with E-state index in [0.717, 1.165) is 70.1 Å². The average molecular weight is 1810 g/mol. The minimum absolute atomic E-state index is 0.0336. The number of aromatic carboxylic acids is 2. The quantitative estimate of drug-likeness (QED) is 0.0292. The molecule has 0 aliphatic heterocycles. The van der Waals surface area contributed by atoms with E-state index in [1.807, 2.05) is 0 Å². The Hall–Kier alpha value is -18.4. The minimum atomic E-state index is -1.30. The average Bonchev–Trinajstić information content (AvgIpc) is 1.60. The van der Waals surface area contributed by atoms with E-state index in [0.29, 0.717) is 55.9 Å². The number of nitrogens with zero attached hydrogens (tertiary/aromatic N) is 14. The smallest absolute Gasteiger partial charge is 0.341 e. The summed E-state index contributed by atoms with van der Waals surface area (Å²) in [5.74, 6) is -13.2. The number of pyridine rings is 4. The number of carbonyl (C=O) groups is 4. The Bertz CT molecular complexity index is 7080. The van der Waals surface area contributed by atoms with Crippen molar-refractivity contribution >= 4 is 40.8 Å². The van der Waals surface area contributed by atoms with Crippen LogP contribution in [-0.4, -0.2) is 112 Å². The van der Waals surface area contributed by atoms with E-state index in [1.54, 1.807) is 60.0 Å². The number of H-pyrrole nitrogens is 2. The Labute approximate surface area is 734 Å². The van der Waals surface area contributed by atoms with Gasteiger partial charge in [0.2, 0.25) is 28.5 Å². The molecule has 10 heterocycles. The fourth-order valence-electron chi connectivity index (χ4n) is 12.1. The molecular weight excluding hydrogens is 1750 g/mol. The van der Waals surface area contributed by atoms with Crippen LogP contribution in [-0.2, 0) is 21.1 Å². The molecule has 0 bridgehead atoms. The first-order valence-corrected chi connectivity index (χ1v) is 37.9. The normalized spacial score (nSPS) is 10.6. The minimum Gasteiger partial charge on any atom is -0.477 e. The molecule has 0 atom stereocenters. The Balaban J connectivity index is 0.000000147. The van der Waals surface area contributed by atoms with Crippen LogP contribution in [0.2, 0.25) is 0 Å². The third kappa shape index (κ3) is 21.9. The Kier molecular flexibility index (Phi) is 28.2. The highest BCUT2D eigenvalue weighted by Gasteiger charge is 2.25. The largest absolute Gasteiger partial charge is 0.477 e. The molecule has 17 aromatic rings. The van der Waals surface area contributed by atoms with Crippen LogP contribution in [0.5, 0.6) is 34.9 Å². The van der Waals surface area contributed by atoms with Crippen molar-refractivity contribution in [1.29, 1.82) is 0 Å². The molecule has 10 aromatic heterocycles. The molecule has 0 aliphatic carbocycles. The number of carboxylic acids is 2. The van der Waals surface area contributed by atoms with Crippen molar-refractivity contribution < 1.29 is 87.5 Å². The van der Waals surface area contributed by atoms with Gasteiger partial charge in [0.15, 0.2) is 46.3 Å². The van der Waals surface area contributed by atoms with Gasteiger partial charge in [-0.3, -0.25) is 51.9 Å². The highest BCUT2D eigenvalue weighted by atomic mass is 19.2. The van der Waals surface area contributed by atoms with Gasteiger partial charge in [0.1, 0.15) is 70.3 Å². The van der Waals surface area contributed by atoms with Crippen molar-refractivity contribution in [2.24, 2.45) is 21.1 Å². The standard InChI is InChI=1S/2C26H17F3N6O3.C14H11F2N5O.2C12H8FNO3/c1-35-12-15(8-33-35)18-10-31-13-32-26(18)38-23-7-20(28)22(6-21(23)29)34-25(37)19-11-30-9-17(24(19)36)14-2-4-16(27)5-3-14;1-34-13-15(11-32-34)19-12-30-14-31-25(19)38-23-10-20(28)22(9-21(23)29)33-24(36)18-3-2-8-35(26(18)37)17-6-4-16(27)5-7-17;1-21-6-8(4-20-21)9-5-18-7-19-14(9)22-13-3-10(15)12(17)2-11(13)16;13-8-3-1-7(2-4-8)9-5-14-6-10(11(9)15)12(16)17;13-8-3-5-9(6-4-8)14-7-1-2-10(11(14)15)12(16)17/h2-13H,1H3,(H,30,36)(H,34,37);2-14H,1H3,(H,33,36);2-7H,17H2,1H3;1-6H,(H,14,15)(H,16,17);1-7H,(H,16,17). The van der Waals surface area contributed by atoms with E-state index in [1.165, 1.54) is 184 Å². The SMILES string of the molecule is Cn1cc(-c2cncnc2Oc2cc(F)c(N)cc2F)cn1.Cn1cc(-c2cncnc2Oc2cc(F)c(NC(=O)c3c[nH]cc(-c4ccc(F)cc4)c3=O)cc2F)cn1.Cn1cc(-c2cncnc2Oc2cc(F)c(NC(=O)c3cccn(-c4ccc(F)cc4)c3=O)cc2F)cn1.O=C(O)c1c[nH]cc(-c2ccc(F)cc2)c1=O.O=C(O)c1cccn(-c2ccc(F)cc2)c1=O. The van der Waals surface area contributed by atoms with Gasteiger partial charge in [0, 0.05) is 171 Å². The zero-order valence-electron chi connectivity index (χ0n) is 67.9.